The molecule has 0 aliphatic heterocycles. The maximum absolute atomic E-state index is 5.62. The molecular weight excluding hydrogens is 226 g/mol. The fourth-order valence-electron chi connectivity index (χ4n) is 2.29. The Balaban J connectivity index is 2.58. The highest BCUT2D eigenvalue weighted by molar-refractivity contribution is 5.72. The van der Waals surface area contributed by atoms with Crippen molar-refractivity contribution in [2.24, 2.45) is 5.73 Å². The number of H-pyrrole nitrogens is 1. The van der Waals surface area contributed by atoms with Crippen molar-refractivity contribution in [3.8, 4) is 17.0 Å². The maximum Gasteiger partial charge on any atom is 0.131 e. The minimum absolute atomic E-state index is 0.600. The van der Waals surface area contributed by atoms with E-state index in [4.69, 9.17) is 10.5 Å². The number of rotatable bonds is 4. The van der Waals surface area contributed by atoms with Gasteiger partial charge in [-0.05, 0) is 37.6 Å². The average Bonchev–Trinajstić information content (AvgIpc) is 2.76. The summed E-state index contributed by atoms with van der Waals surface area (Å²) in [5.41, 5.74) is 11.0. The van der Waals surface area contributed by atoms with Crippen molar-refractivity contribution in [3.63, 3.8) is 0 Å². The van der Waals surface area contributed by atoms with Crippen LogP contribution in [-0.2, 0) is 6.42 Å². The largest absolute Gasteiger partial charge is 0.496 e. The summed E-state index contributed by atoms with van der Waals surface area (Å²) in [7, 11) is 1.69. The van der Waals surface area contributed by atoms with E-state index < -0.39 is 0 Å². The van der Waals surface area contributed by atoms with Crippen LogP contribution in [0, 0.1) is 13.8 Å². The van der Waals surface area contributed by atoms with Crippen LogP contribution < -0.4 is 10.5 Å². The molecule has 0 atom stereocenters. The number of nitrogens with one attached hydrogen (secondary N) is 1. The Hall–Kier alpha value is -1.81. The molecule has 0 saturated carbocycles. The van der Waals surface area contributed by atoms with E-state index in [1.54, 1.807) is 13.4 Å². The normalized spacial score (nSPS) is 10.7. The van der Waals surface area contributed by atoms with Gasteiger partial charge in [-0.2, -0.15) is 0 Å². The fourth-order valence-corrected chi connectivity index (χ4v) is 2.29. The van der Waals surface area contributed by atoms with Crippen molar-refractivity contribution >= 4 is 0 Å². The van der Waals surface area contributed by atoms with Gasteiger partial charge in [0.1, 0.15) is 5.75 Å². The van der Waals surface area contributed by atoms with Gasteiger partial charge in [0.05, 0.1) is 19.1 Å². The van der Waals surface area contributed by atoms with Crippen LogP contribution in [0.15, 0.2) is 18.5 Å². The molecule has 96 valence electrons. The van der Waals surface area contributed by atoms with Gasteiger partial charge >= 0.3 is 0 Å². The number of methoxy groups -OCH3 is 1. The van der Waals surface area contributed by atoms with Gasteiger partial charge in [-0.1, -0.05) is 6.07 Å². The SMILES string of the molecule is COc1c(C)cc(C)cc1-c1nc[nH]c1CCN. The first-order valence-electron chi connectivity index (χ1n) is 6.05. The summed E-state index contributed by atoms with van der Waals surface area (Å²) in [4.78, 5) is 7.55. The third kappa shape index (κ3) is 2.24. The van der Waals surface area contributed by atoms with Crippen LogP contribution in [0.5, 0.6) is 5.75 Å². The van der Waals surface area contributed by atoms with Crippen molar-refractivity contribution in [1.29, 1.82) is 0 Å². The minimum Gasteiger partial charge on any atom is -0.496 e. The Morgan fingerprint density at radius 2 is 2.11 bits per heavy atom. The second-order valence-corrected chi connectivity index (χ2v) is 4.43. The van der Waals surface area contributed by atoms with E-state index in [9.17, 15) is 0 Å². The number of nitrogens with two attached hydrogens (primary N) is 1. The Kier molecular flexibility index (Phi) is 3.67. The first kappa shape index (κ1) is 12.6. The summed E-state index contributed by atoms with van der Waals surface area (Å²) >= 11 is 0. The summed E-state index contributed by atoms with van der Waals surface area (Å²) < 4.78 is 5.50. The monoisotopic (exact) mass is 245 g/mol. The van der Waals surface area contributed by atoms with Gasteiger partial charge in [-0.15, -0.1) is 0 Å². The van der Waals surface area contributed by atoms with Crippen molar-refractivity contribution in [1.82, 2.24) is 9.97 Å². The van der Waals surface area contributed by atoms with Crippen LogP contribution in [0.1, 0.15) is 16.8 Å². The van der Waals surface area contributed by atoms with E-state index in [0.717, 1.165) is 34.7 Å². The molecule has 0 radical (unpaired) electrons. The molecule has 0 bridgehead atoms. The van der Waals surface area contributed by atoms with Crippen LogP contribution in [0.25, 0.3) is 11.3 Å². The highest BCUT2D eigenvalue weighted by Crippen LogP contribution is 2.34. The molecule has 0 fully saturated rings. The quantitative estimate of drug-likeness (QED) is 0.868. The summed E-state index contributed by atoms with van der Waals surface area (Å²) in [6.07, 6.45) is 2.49. The number of ether oxygens (including phenoxy) is 1. The Morgan fingerprint density at radius 3 is 2.78 bits per heavy atom. The highest BCUT2D eigenvalue weighted by atomic mass is 16.5. The number of aromatic nitrogens is 2. The molecule has 0 aliphatic carbocycles. The molecule has 0 unspecified atom stereocenters. The maximum atomic E-state index is 5.62. The van der Waals surface area contributed by atoms with E-state index in [0.29, 0.717) is 6.54 Å². The lowest BCUT2D eigenvalue weighted by atomic mass is 10.0. The van der Waals surface area contributed by atoms with Crippen LogP contribution in [0.4, 0.5) is 0 Å². The number of imidazole rings is 1. The minimum atomic E-state index is 0.600. The number of hydrogen-bond acceptors (Lipinski definition) is 3. The molecule has 0 saturated heterocycles. The number of hydrogen-bond donors (Lipinski definition) is 2. The summed E-state index contributed by atoms with van der Waals surface area (Å²) in [6.45, 7) is 4.72. The average molecular weight is 245 g/mol. The molecule has 0 aliphatic rings. The van der Waals surface area contributed by atoms with E-state index in [1.807, 2.05) is 6.92 Å². The second-order valence-electron chi connectivity index (χ2n) is 4.43. The van der Waals surface area contributed by atoms with Gasteiger partial charge in [0.15, 0.2) is 0 Å². The lowest BCUT2D eigenvalue weighted by Gasteiger charge is -2.12. The van der Waals surface area contributed by atoms with Crippen molar-refractivity contribution in [2.45, 2.75) is 20.3 Å². The third-order valence-corrected chi connectivity index (χ3v) is 2.99. The summed E-state index contributed by atoms with van der Waals surface area (Å²) in [5, 5.41) is 0. The zero-order chi connectivity index (χ0) is 13.1. The lowest BCUT2D eigenvalue weighted by molar-refractivity contribution is 0.413. The van der Waals surface area contributed by atoms with Gasteiger partial charge in [-0.25, -0.2) is 4.98 Å². The predicted octanol–water partition coefficient (Wildman–Crippen LogP) is 2.20. The van der Waals surface area contributed by atoms with Crippen molar-refractivity contribution in [2.75, 3.05) is 13.7 Å². The number of nitrogens with zero attached hydrogens (tertiary/aromatic N) is 1. The number of aromatic amines is 1. The van der Waals surface area contributed by atoms with Crippen LogP contribution in [0.2, 0.25) is 0 Å². The lowest BCUT2D eigenvalue weighted by Crippen LogP contribution is -2.04. The van der Waals surface area contributed by atoms with Gasteiger partial charge in [0, 0.05) is 17.7 Å². The van der Waals surface area contributed by atoms with Crippen LogP contribution >= 0.6 is 0 Å². The molecule has 2 rings (SSSR count). The molecule has 0 amide bonds. The standard InChI is InChI=1S/C14H19N3O/c1-9-6-10(2)14(18-3)11(7-9)13-12(4-5-15)16-8-17-13/h6-8H,4-5,15H2,1-3H3,(H,16,17). The fraction of sp³-hybridized carbons (Fsp3) is 0.357. The van der Waals surface area contributed by atoms with Crippen LogP contribution in [0.3, 0.4) is 0 Å². The number of aryl methyl sites for hydroxylation is 2. The molecule has 1 aromatic carbocycles. The first-order chi connectivity index (χ1) is 8.67. The van der Waals surface area contributed by atoms with E-state index in [-0.39, 0.29) is 0 Å². The van der Waals surface area contributed by atoms with E-state index >= 15 is 0 Å². The predicted molar refractivity (Wildman–Crippen MR) is 72.8 cm³/mol. The smallest absolute Gasteiger partial charge is 0.131 e. The number of benzene rings is 1. The zero-order valence-corrected chi connectivity index (χ0v) is 11.1. The zero-order valence-electron chi connectivity index (χ0n) is 11.1. The van der Waals surface area contributed by atoms with Crippen molar-refractivity contribution in [3.05, 3.63) is 35.3 Å². The molecule has 1 heterocycles. The van der Waals surface area contributed by atoms with Gasteiger partial charge in [0.25, 0.3) is 0 Å². The Morgan fingerprint density at radius 1 is 1.33 bits per heavy atom. The van der Waals surface area contributed by atoms with Crippen molar-refractivity contribution < 1.29 is 4.74 Å². The summed E-state index contributed by atoms with van der Waals surface area (Å²) in [6, 6.07) is 4.21. The van der Waals surface area contributed by atoms with Gasteiger partial charge < -0.3 is 15.5 Å². The highest BCUT2D eigenvalue weighted by Gasteiger charge is 2.15. The molecular formula is C14H19N3O. The van der Waals surface area contributed by atoms with E-state index in [2.05, 4.69) is 29.0 Å². The van der Waals surface area contributed by atoms with Gasteiger partial charge in [-0.3, -0.25) is 0 Å². The molecule has 3 N–H and O–H groups in total. The molecule has 4 heteroatoms. The first-order valence-corrected chi connectivity index (χ1v) is 6.05. The Bertz CT molecular complexity index is 546. The molecule has 18 heavy (non-hydrogen) atoms. The third-order valence-electron chi connectivity index (χ3n) is 2.99. The van der Waals surface area contributed by atoms with E-state index in [1.165, 1.54) is 5.56 Å². The topological polar surface area (TPSA) is 63.9 Å². The summed E-state index contributed by atoms with van der Waals surface area (Å²) in [5.74, 6) is 0.881. The molecule has 2 aromatic rings. The molecule has 1 aromatic heterocycles. The molecule has 4 nitrogen and oxygen atoms in total. The van der Waals surface area contributed by atoms with Gasteiger partial charge in [0.2, 0.25) is 0 Å². The Labute approximate surface area is 107 Å². The van der Waals surface area contributed by atoms with Crippen LogP contribution in [-0.4, -0.2) is 23.6 Å². The molecule has 0 spiro atoms. The second kappa shape index (κ2) is 5.23.